The highest BCUT2D eigenvalue weighted by molar-refractivity contribution is 7.99. The minimum absolute atomic E-state index is 0.00792. The molecule has 1 aliphatic heterocycles. The maximum absolute atomic E-state index is 13.6. The van der Waals surface area contributed by atoms with Crippen LogP contribution in [0.2, 0.25) is 5.02 Å². The molecule has 1 aliphatic rings. The highest BCUT2D eigenvalue weighted by Crippen LogP contribution is 2.33. The van der Waals surface area contributed by atoms with Crippen LogP contribution in [0, 0.1) is 6.92 Å². The number of hydrogen-bond acceptors (Lipinski definition) is 6. The van der Waals surface area contributed by atoms with Crippen molar-refractivity contribution in [2.24, 2.45) is 0 Å². The zero-order valence-electron chi connectivity index (χ0n) is 18.2. The van der Waals surface area contributed by atoms with Gasteiger partial charge in [-0.3, -0.25) is 23.9 Å². The second kappa shape index (κ2) is 8.62. The summed E-state index contributed by atoms with van der Waals surface area (Å²) in [7, 11) is 1.50. The van der Waals surface area contributed by atoms with Crippen molar-refractivity contribution in [3.05, 3.63) is 92.7 Å². The molecule has 0 radical (unpaired) electrons. The van der Waals surface area contributed by atoms with Gasteiger partial charge in [-0.1, -0.05) is 47.6 Å². The van der Waals surface area contributed by atoms with E-state index in [1.165, 1.54) is 11.7 Å². The van der Waals surface area contributed by atoms with Crippen LogP contribution in [0.25, 0.3) is 16.6 Å². The molecule has 0 N–H and O–H groups in total. The van der Waals surface area contributed by atoms with Crippen LogP contribution in [0.5, 0.6) is 5.75 Å². The molecule has 3 aromatic carbocycles. The Morgan fingerprint density at radius 1 is 0.971 bits per heavy atom. The van der Waals surface area contributed by atoms with Gasteiger partial charge in [0.2, 0.25) is 0 Å². The largest absolute Gasteiger partial charge is 0.495 e. The molecule has 1 aromatic heterocycles. The summed E-state index contributed by atoms with van der Waals surface area (Å²) in [6.07, 6.45) is 0. The molecular formula is C25H18ClN3O4S. The number of halogens is 1. The Bertz CT molecular complexity index is 1510. The van der Waals surface area contributed by atoms with Crippen molar-refractivity contribution in [1.82, 2.24) is 14.5 Å². The summed E-state index contributed by atoms with van der Waals surface area (Å²) in [4.78, 5) is 45.1. The molecule has 9 heteroatoms. The number of hydrogen-bond donors (Lipinski definition) is 0. The predicted octanol–water partition coefficient (Wildman–Crippen LogP) is 4.70. The molecule has 2 heterocycles. The van der Waals surface area contributed by atoms with E-state index in [1.54, 1.807) is 60.7 Å². The number of aryl methyl sites for hydroxylation is 1. The van der Waals surface area contributed by atoms with E-state index in [0.717, 1.165) is 22.2 Å². The third-order valence-corrected chi connectivity index (χ3v) is 6.97. The molecule has 0 saturated carbocycles. The maximum atomic E-state index is 13.6. The molecule has 0 aliphatic carbocycles. The van der Waals surface area contributed by atoms with Gasteiger partial charge in [0.25, 0.3) is 17.4 Å². The molecule has 7 nitrogen and oxygen atoms in total. The molecule has 4 aromatic rings. The summed E-state index contributed by atoms with van der Waals surface area (Å²) >= 11 is 7.40. The number of aromatic nitrogens is 2. The summed E-state index contributed by atoms with van der Waals surface area (Å²) in [6, 6.07) is 17.1. The number of rotatable bonds is 5. The third-order valence-electron chi connectivity index (χ3n) is 5.65. The Balaban J connectivity index is 1.62. The lowest BCUT2D eigenvalue weighted by Crippen LogP contribution is -2.30. The monoisotopic (exact) mass is 491 g/mol. The molecule has 34 heavy (non-hydrogen) atoms. The summed E-state index contributed by atoms with van der Waals surface area (Å²) in [6.45, 7) is 1.83. The van der Waals surface area contributed by atoms with Gasteiger partial charge in [0, 0.05) is 11.1 Å². The Morgan fingerprint density at radius 3 is 2.29 bits per heavy atom. The molecule has 0 fully saturated rings. The fourth-order valence-electron chi connectivity index (χ4n) is 3.89. The third kappa shape index (κ3) is 3.55. The summed E-state index contributed by atoms with van der Waals surface area (Å²) < 4.78 is 6.95. The first-order chi connectivity index (χ1) is 16.4. The number of carbonyl (C=O) groups is 2. The van der Waals surface area contributed by atoms with E-state index < -0.39 is 0 Å². The fourth-order valence-corrected chi connectivity index (χ4v) is 4.99. The van der Waals surface area contributed by atoms with Crippen LogP contribution < -0.4 is 10.3 Å². The molecule has 0 spiro atoms. The zero-order valence-corrected chi connectivity index (χ0v) is 19.8. The van der Waals surface area contributed by atoms with Crippen molar-refractivity contribution in [2.75, 3.05) is 13.0 Å². The van der Waals surface area contributed by atoms with Gasteiger partial charge in [-0.2, -0.15) is 0 Å². The van der Waals surface area contributed by atoms with Crippen LogP contribution in [-0.2, 0) is 0 Å². The van der Waals surface area contributed by atoms with E-state index in [4.69, 9.17) is 16.3 Å². The Kier molecular flexibility index (Phi) is 5.63. The molecule has 0 unspecified atom stereocenters. The van der Waals surface area contributed by atoms with E-state index in [1.807, 2.05) is 6.92 Å². The van der Waals surface area contributed by atoms with Gasteiger partial charge < -0.3 is 4.74 Å². The van der Waals surface area contributed by atoms with Gasteiger partial charge in [-0.25, -0.2) is 4.98 Å². The van der Waals surface area contributed by atoms with Crippen LogP contribution in [0.15, 0.2) is 70.6 Å². The predicted molar refractivity (Wildman–Crippen MR) is 131 cm³/mol. The van der Waals surface area contributed by atoms with Crippen molar-refractivity contribution in [3.8, 4) is 11.4 Å². The smallest absolute Gasteiger partial charge is 0.266 e. The number of thioether (sulfide) groups is 1. The maximum Gasteiger partial charge on any atom is 0.266 e. The number of imide groups is 1. The summed E-state index contributed by atoms with van der Waals surface area (Å²) in [5.41, 5.74) is 2.18. The quantitative estimate of drug-likeness (QED) is 0.228. The van der Waals surface area contributed by atoms with Gasteiger partial charge in [0.15, 0.2) is 5.16 Å². The molecule has 2 amide bonds. The lowest BCUT2D eigenvalue weighted by molar-refractivity contribution is 0.0684. The van der Waals surface area contributed by atoms with Crippen LogP contribution in [0.4, 0.5) is 0 Å². The standard InChI is InChI=1S/C25H18ClN3O4S/c1-14-11-20(21(33-2)12-18(14)26)29-24(32)17-9-5-6-10-19(17)27-25(29)34-13-28-22(30)15-7-3-4-8-16(15)23(28)31/h3-12H,13H2,1-2H3. The number of benzene rings is 3. The zero-order chi connectivity index (χ0) is 24.0. The normalized spacial score (nSPS) is 13.0. The van der Waals surface area contributed by atoms with Crippen LogP contribution >= 0.6 is 23.4 Å². The van der Waals surface area contributed by atoms with Crippen molar-refractivity contribution >= 4 is 46.1 Å². The average Bonchev–Trinajstić information content (AvgIpc) is 3.09. The van der Waals surface area contributed by atoms with Gasteiger partial charge in [-0.15, -0.1) is 0 Å². The first-order valence-electron chi connectivity index (χ1n) is 10.3. The number of carbonyl (C=O) groups excluding carboxylic acids is 2. The first-order valence-corrected chi connectivity index (χ1v) is 11.7. The lowest BCUT2D eigenvalue weighted by atomic mass is 10.1. The van der Waals surface area contributed by atoms with E-state index in [0.29, 0.717) is 43.6 Å². The topological polar surface area (TPSA) is 81.5 Å². The molecule has 170 valence electrons. The minimum Gasteiger partial charge on any atom is -0.495 e. The van der Waals surface area contributed by atoms with Gasteiger partial charge in [-0.05, 0) is 42.8 Å². The number of ether oxygens (including phenoxy) is 1. The van der Waals surface area contributed by atoms with Gasteiger partial charge >= 0.3 is 0 Å². The van der Waals surface area contributed by atoms with E-state index in [9.17, 15) is 14.4 Å². The first kappa shape index (κ1) is 22.2. The lowest BCUT2D eigenvalue weighted by Gasteiger charge is -2.18. The number of fused-ring (bicyclic) bond motifs is 2. The SMILES string of the molecule is COc1cc(Cl)c(C)cc1-n1c(SCN2C(=O)c3ccccc3C2=O)nc2ccccc2c1=O. The van der Waals surface area contributed by atoms with Crippen LogP contribution in [0.3, 0.4) is 0 Å². The Hall–Kier alpha value is -3.62. The van der Waals surface area contributed by atoms with Crippen molar-refractivity contribution in [1.29, 1.82) is 0 Å². The highest BCUT2D eigenvalue weighted by atomic mass is 35.5. The Morgan fingerprint density at radius 2 is 1.62 bits per heavy atom. The number of amides is 2. The minimum atomic E-state index is -0.372. The number of nitrogens with zero attached hydrogens (tertiary/aromatic N) is 3. The summed E-state index contributed by atoms with van der Waals surface area (Å²) in [5.74, 6) is -0.353. The van der Waals surface area contributed by atoms with Gasteiger partial charge in [0.05, 0.1) is 40.7 Å². The van der Waals surface area contributed by atoms with Crippen LogP contribution in [0.1, 0.15) is 26.3 Å². The molecule has 0 saturated heterocycles. The van der Waals surface area contributed by atoms with Gasteiger partial charge in [0.1, 0.15) is 5.75 Å². The highest BCUT2D eigenvalue weighted by Gasteiger charge is 2.35. The number of para-hydroxylation sites is 1. The molecular weight excluding hydrogens is 474 g/mol. The molecule has 0 atom stereocenters. The van der Waals surface area contributed by atoms with Crippen LogP contribution in [-0.4, -0.2) is 39.3 Å². The summed E-state index contributed by atoms with van der Waals surface area (Å²) in [5, 5.41) is 1.25. The van der Waals surface area contributed by atoms with Crippen molar-refractivity contribution in [3.63, 3.8) is 0 Å². The average molecular weight is 492 g/mol. The second-order valence-corrected chi connectivity index (χ2v) is 9.00. The van der Waals surface area contributed by atoms with Crippen molar-refractivity contribution in [2.45, 2.75) is 12.1 Å². The molecule has 5 rings (SSSR count). The van der Waals surface area contributed by atoms with E-state index in [2.05, 4.69) is 4.98 Å². The Labute approximate surface area is 203 Å². The van der Waals surface area contributed by atoms with E-state index in [-0.39, 0.29) is 23.3 Å². The fraction of sp³-hybridized carbons (Fsp3) is 0.120. The van der Waals surface area contributed by atoms with Crippen molar-refractivity contribution < 1.29 is 14.3 Å². The second-order valence-electron chi connectivity index (χ2n) is 7.68. The molecule has 0 bridgehead atoms. The number of methoxy groups -OCH3 is 1. The van der Waals surface area contributed by atoms with E-state index >= 15 is 0 Å².